The van der Waals surface area contributed by atoms with E-state index in [1.807, 2.05) is 37.3 Å². The van der Waals surface area contributed by atoms with E-state index in [4.69, 9.17) is 5.73 Å². The van der Waals surface area contributed by atoms with E-state index in [2.05, 4.69) is 10.6 Å². The van der Waals surface area contributed by atoms with Crippen LogP contribution in [0.2, 0.25) is 0 Å². The Morgan fingerprint density at radius 3 is 2.61 bits per heavy atom. The highest BCUT2D eigenvalue weighted by Gasteiger charge is 2.39. The Morgan fingerprint density at radius 2 is 2.00 bits per heavy atom. The standard InChI is InChI=1S/C20H26N4O4/c1-12-10-16(25)23-17(12)19(27)22-14(11-13-6-3-2-4-7-13)20(28)24-9-5-8-15(24)18(21)26/h2-4,6-7,12,14-15,17H,5,8-11H2,1H3,(H2,21,26)(H,22,27)(H,23,25)/t12-,14+,15+,17+/m1/s1. The summed E-state index contributed by atoms with van der Waals surface area (Å²) in [6, 6.07) is 7.21. The lowest BCUT2D eigenvalue weighted by atomic mass is 10.0. The van der Waals surface area contributed by atoms with Crippen molar-refractivity contribution in [3.8, 4) is 0 Å². The van der Waals surface area contributed by atoms with Crippen molar-refractivity contribution in [2.75, 3.05) is 6.54 Å². The topological polar surface area (TPSA) is 122 Å². The molecule has 150 valence electrons. The molecule has 4 N–H and O–H groups in total. The first kappa shape index (κ1) is 19.9. The minimum atomic E-state index is -0.834. The van der Waals surface area contributed by atoms with Crippen molar-refractivity contribution in [2.45, 2.75) is 50.7 Å². The predicted molar refractivity (Wildman–Crippen MR) is 102 cm³/mol. The van der Waals surface area contributed by atoms with Crippen LogP contribution in [-0.2, 0) is 25.6 Å². The van der Waals surface area contributed by atoms with Gasteiger partial charge in [0.15, 0.2) is 0 Å². The normalized spacial score (nSPS) is 25.2. The molecule has 0 unspecified atom stereocenters. The van der Waals surface area contributed by atoms with E-state index in [-0.39, 0.29) is 30.1 Å². The van der Waals surface area contributed by atoms with Crippen LogP contribution in [0, 0.1) is 5.92 Å². The zero-order valence-electron chi connectivity index (χ0n) is 15.9. The third-order valence-corrected chi connectivity index (χ3v) is 5.44. The van der Waals surface area contributed by atoms with Gasteiger partial charge in [-0.15, -0.1) is 0 Å². The van der Waals surface area contributed by atoms with Gasteiger partial charge in [-0.2, -0.15) is 0 Å². The van der Waals surface area contributed by atoms with Crippen molar-refractivity contribution in [1.29, 1.82) is 0 Å². The van der Waals surface area contributed by atoms with E-state index >= 15 is 0 Å². The smallest absolute Gasteiger partial charge is 0.246 e. The number of hydrogen-bond acceptors (Lipinski definition) is 4. The van der Waals surface area contributed by atoms with Crippen LogP contribution in [0.25, 0.3) is 0 Å². The fourth-order valence-electron chi connectivity index (χ4n) is 3.95. The Bertz CT molecular complexity index is 767. The van der Waals surface area contributed by atoms with Crippen molar-refractivity contribution in [3.63, 3.8) is 0 Å². The van der Waals surface area contributed by atoms with E-state index in [0.29, 0.717) is 25.8 Å². The van der Waals surface area contributed by atoms with Crippen LogP contribution in [0.1, 0.15) is 31.7 Å². The van der Waals surface area contributed by atoms with Gasteiger partial charge >= 0.3 is 0 Å². The molecule has 2 fully saturated rings. The summed E-state index contributed by atoms with van der Waals surface area (Å²) in [7, 11) is 0. The molecule has 0 saturated carbocycles. The number of likely N-dealkylation sites (tertiary alicyclic amines) is 1. The van der Waals surface area contributed by atoms with Crippen LogP contribution < -0.4 is 16.4 Å². The number of nitrogens with zero attached hydrogens (tertiary/aromatic N) is 1. The summed E-state index contributed by atoms with van der Waals surface area (Å²) in [5, 5.41) is 5.46. The Morgan fingerprint density at radius 1 is 1.29 bits per heavy atom. The van der Waals surface area contributed by atoms with E-state index < -0.39 is 24.0 Å². The number of hydrogen-bond donors (Lipinski definition) is 3. The zero-order valence-corrected chi connectivity index (χ0v) is 15.9. The first-order valence-electron chi connectivity index (χ1n) is 9.60. The molecule has 4 atom stereocenters. The summed E-state index contributed by atoms with van der Waals surface area (Å²) in [6.45, 7) is 2.25. The van der Waals surface area contributed by atoms with Crippen LogP contribution >= 0.6 is 0 Å². The fraction of sp³-hybridized carbons (Fsp3) is 0.500. The highest BCUT2D eigenvalue weighted by atomic mass is 16.2. The van der Waals surface area contributed by atoms with E-state index in [1.165, 1.54) is 4.90 Å². The second-order valence-corrected chi connectivity index (χ2v) is 7.57. The number of nitrogens with one attached hydrogen (secondary N) is 2. The summed E-state index contributed by atoms with van der Waals surface area (Å²) in [5.41, 5.74) is 6.33. The lowest BCUT2D eigenvalue weighted by Crippen LogP contribution is -2.56. The van der Waals surface area contributed by atoms with Crippen LogP contribution in [0.5, 0.6) is 0 Å². The van der Waals surface area contributed by atoms with Gasteiger partial charge < -0.3 is 21.3 Å². The van der Waals surface area contributed by atoms with E-state index in [9.17, 15) is 19.2 Å². The minimum Gasteiger partial charge on any atom is -0.368 e. The molecule has 1 aromatic rings. The molecule has 2 saturated heterocycles. The van der Waals surface area contributed by atoms with E-state index in [0.717, 1.165) is 5.56 Å². The molecular weight excluding hydrogens is 360 g/mol. The molecule has 1 aromatic carbocycles. The van der Waals surface area contributed by atoms with Gasteiger partial charge in [0.2, 0.25) is 23.6 Å². The molecule has 0 aromatic heterocycles. The maximum Gasteiger partial charge on any atom is 0.246 e. The van der Waals surface area contributed by atoms with Gasteiger partial charge in [0, 0.05) is 19.4 Å². The van der Waals surface area contributed by atoms with Crippen LogP contribution in [-0.4, -0.2) is 53.2 Å². The summed E-state index contributed by atoms with van der Waals surface area (Å²) in [6.07, 6.45) is 1.80. The molecule has 8 nitrogen and oxygen atoms in total. The van der Waals surface area contributed by atoms with Crippen molar-refractivity contribution in [2.24, 2.45) is 11.7 Å². The largest absolute Gasteiger partial charge is 0.368 e. The molecule has 3 rings (SSSR count). The Hall–Kier alpha value is -2.90. The van der Waals surface area contributed by atoms with Crippen LogP contribution in [0.4, 0.5) is 0 Å². The second kappa shape index (κ2) is 8.41. The van der Waals surface area contributed by atoms with Gasteiger partial charge in [0.25, 0.3) is 0 Å². The number of primary amides is 1. The van der Waals surface area contributed by atoms with Crippen molar-refractivity contribution >= 4 is 23.6 Å². The molecule has 0 bridgehead atoms. The minimum absolute atomic E-state index is 0.148. The molecular formula is C20H26N4O4. The summed E-state index contributed by atoms with van der Waals surface area (Å²) < 4.78 is 0. The third kappa shape index (κ3) is 4.32. The van der Waals surface area contributed by atoms with Gasteiger partial charge in [-0.25, -0.2) is 0 Å². The molecule has 2 heterocycles. The van der Waals surface area contributed by atoms with Gasteiger partial charge in [-0.05, 0) is 24.3 Å². The molecule has 0 radical (unpaired) electrons. The summed E-state index contributed by atoms with van der Waals surface area (Å²) >= 11 is 0. The van der Waals surface area contributed by atoms with Crippen molar-refractivity contribution < 1.29 is 19.2 Å². The first-order valence-corrected chi connectivity index (χ1v) is 9.60. The predicted octanol–water partition coefficient (Wildman–Crippen LogP) is -0.285. The number of benzene rings is 1. The van der Waals surface area contributed by atoms with E-state index in [1.54, 1.807) is 0 Å². The molecule has 0 spiro atoms. The number of amides is 4. The number of carbonyl (C=O) groups is 4. The van der Waals surface area contributed by atoms with Crippen LogP contribution in [0.3, 0.4) is 0 Å². The summed E-state index contributed by atoms with van der Waals surface area (Å²) in [5.74, 6) is -1.57. The Labute approximate surface area is 163 Å². The average Bonchev–Trinajstić information content (AvgIpc) is 3.27. The summed E-state index contributed by atoms with van der Waals surface area (Å²) in [4.78, 5) is 50.7. The molecule has 0 aliphatic carbocycles. The van der Waals surface area contributed by atoms with Gasteiger partial charge in [-0.3, -0.25) is 19.2 Å². The average molecular weight is 386 g/mol. The SMILES string of the molecule is C[C@@H]1CC(=O)N[C@@H]1C(=O)N[C@@H](Cc1ccccc1)C(=O)N1CCC[C@H]1C(N)=O. The molecule has 2 aliphatic rings. The maximum absolute atomic E-state index is 13.2. The molecule has 28 heavy (non-hydrogen) atoms. The maximum atomic E-state index is 13.2. The van der Waals surface area contributed by atoms with Crippen LogP contribution in [0.15, 0.2) is 30.3 Å². The molecule has 2 aliphatic heterocycles. The quantitative estimate of drug-likeness (QED) is 0.622. The molecule has 4 amide bonds. The lowest BCUT2D eigenvalue weighted by Gasteiger charge is -2.29. The lowest BCUT2D eigenvalue weighted by molar-refractivity contribution is -0.141. The monoisotopic (exact) mass is 386 g/mol. The number of rotatable bonds is 6. The number of nitrogens with two attached hydrogens (primary N) is 1. The zero-order chi connectivity index (χ0) is 20.3. The number of carbonyl (C=O) groups excluding carboxylic acids is 4. The van der Waals surface area contributed by atoms with Crippen molar-refractivity contribution in [3.05, 3.63) is 35.9 Å². The Kier molecular flexibility index (Phi) is 5.96. The van der Waals surface area contributed by atoms with Gasteiger partial charge in [0.05, 0.1) is 0 Å². The fourth-order valence-corrected chi connectivity index (χ4v) is 3.95. The highest BCUT2D eigenvalue weighted by molar-refractivity contribution is 5.95. The van der Waals surface area contributed by atoms with Crippen molar-refractivity contribution in [1.82, 2.24) is 15.5 Å². The van der Waals surface area contributed by atoms with Gasteiger partial charge in [0.1, 0.15) is 18.1 Å². The molecule has 8 heteroatoms. The second-order valence-electron chi connectivity index (χ2n) is 7.57. The van der Waals surface area contributed by atoms with Gasteiger partial charge in [-0.1, -0.05) is 37.3 Å². The third-order valence-electron chi connectivity index (χ3n) is 5.44. The first-order chi connectivity index (χ1) is 13.4. The Balaban J connectivity index is 1.78. The highest BCUT2D eigenvalue weighted by Crippen LogP contribution is 2.20.